The molecule has 0 aliphatic carbocycles. The lowest BCUT2D eigenvalue weighted by Gasteiger charge is -2.26. The molecule has 0 saturated carbocycles. The van der Waals surface area contributed by atoms with Crippen molar-refractivity contribution in [3.05, 3.63) is 42.7 Å². The normalized spacial score (nSPS) is 20.0. The number of nitrogens with zero attached hydrogens (tertiary/aromatic N) is 4. The molecule has 27 heavy (non-hydrogen) atoms. The van der Waals surface area contributed by atoms with Crippen molar-refractivity contribution in [3.63, 3.8) is 0 Å². The maximum Gasteiger partial charge on any atom is 0.229 e. The number of ether oxygens (including phenoxy) is 1. The van der Waals surface area contributed by atoms with Crippen molar-refractivity contribution in [1.29, 1.82) is 0 Å². The lowest BCUT2D eigenvalue weighted by Crippen LogP contribution is -2.37. The summed E-state index contributed by atoms with van der Waals surface area (Å²) in [4.78, 5) is 37.2. The summed E-state index contributed by atoms with van der Waals surface area (Å²) in [7, 11) is 0. The zero-order valence-corrected chi connectivity index (χ0v) is 14.9. The van der Waals surface area contributed by atoms with Gasteiger partial charge in [0, 0.05) is 31.7 Å². The van der Waals surface area contributed by atoms with E-state index < -0.39 is 5.92 Å². The molecule has 8 heteroatoms. The Kier molecular flexibility index (Phi) is 4.97. The Morgan fingerprint density at radius 1 is 1.11 bits per heavy atom. The average Bonchev–Trinajstić information content (AvgIpc) is 3.12. The van der Waals surface area contributed by atoms with Crippen LogP contribution < -0.4 is 15.1 Å². The molecule has 2 saturated heterocycles. The van der Waals surface area contributed by atoms with E-state index in [1.807, 2.05) is 35.2 Å². The number of morpholine rings is 1. The minimum atomic E-state index is -0.392. The van der Waals surface area contributed by atoms with Crippen LogP contribution in [0.1, 0.15) is 6.42 Å². The van der Waals surface area contributed by atoms with E-state index in [-0.39, 0.29) is 18.2 Å². The Hall–Kier alpha value is -3.00. The van der Waals surface area contributed by atoms with Crippen molar-refractivity contribution in [1.82, 2.24) is 9.97 Å². The molecule has 0 spiro atoms. The van der Waals surface area contributed by atoms with Gasteiger partial charge in [0.25, 0.3) is 0 Å². The van der Waals surface area contributed by atoms with Crippen molar-refractivity contribution < 1.29 is 14.3 Å². The van der Waals surface area contributed by atoms with Gasteiger partial charge in [-0.3, -0.25) is 9.59 Å². The van der Waals surface area contributed by atoms with Crippen LogP contribution in [0.2, 0.25) is 0 Å². The summed E-state index contributed by atoms with van der Waals surface area (Å²) in [6.45, 7) is 3.21. The molecule has 2 aliphatic heterocycles. The molecule has 1 aromatic carbocycles. The number of carbonyl (C=O) groups excluding carboxylic acids is 2. The Morgan fingerprint density at radius 2 is 1.81 bits per heavy atom. The third kappa shape index (κ3) is 3.90. The topological polar surface area (TPSA) is 87.7 Å². The van der Waals surface area contributed by atoms with Gasteiger partial charge in [-0.05, 0) is 12.1 Å². The molecule has 1 N–H and O–H groups in total. The SMILES string of the molecule is O=C(Nc1cnc(N2CCOCC2)nc1)C1CC(=O)N(c2ccccc2)C1. The Morgan fingerprint density at radius 3 is 2.52 bits per heavy atom. The monoisotopic (exact) mass is 367 g/mol. The number of rotatable bonds is 4. The lowest BCUT2D eigenvalue weighted by molar-refractivity contribution is -0.122. The summed E-state index contributed by atoms with van der Waals surface area (Å²) in [6.07, 6.45) is 3.40. The number of hydrogen-bond donors (Lipinski definition) is 1. The van der Waals surface area contributed by atoms with Crippen LogP contribution in [0.3, 0.4) is 0 Å². The van der Waals surface area contributed by atoms with Gasteiger partial charge >= 0.3 is 0 Å². The fourth-order valence-electron chi connectivity index (χ4n) is 3.30. The van der Waals surface area contributed by atoms with Gasteiger partial charge in [0.05, 0.1) is 37.2 Å². The molecular formula is C19H21N5O3. The highest BCUT2D eigenvalue weighted by Crippen LogP contribution is 2.25. The molecule has 0 radical (unpaired) electrons. The van der Waals surface area contributed by atoms with Crippen molar-refractivity contribution in [2.45, 2.75) is 6.42 Å². The fourth-order valence-corrected chi connectivity index (χ4v) is 3.30. The van der Waals surface area contributed by atoms with Gasteiger partial charge in [0.2, 0.25) is 17.8 Å². The smallest absolute Gasteiger partial charge is 0.229 e. The molecule has 1 atom stereocenters. The second-order valence-electron chi connectivity index (χ2n) is 6.60. The van der Waals surface area contributed by atoms with Crippen LogP contribution in [0.4, 0.5) is 17.3 Å². The van der Waals surface area contributed by atoms with E-state index in [0.29, 0.717) is 31.4 Å². The first-order valence-corrected chi connectivity index (χ1v) is 9.02. The molecule has 140 valence electrons. The summed E-state index contributed by atoms with van der Waals surface area (Å²) in [5, 5.41) is 2.82. The molecule has 0 bridgehead atoms. The minimum Gasteiger partial charge on any atom is -0.378 e. The van der Waals surface area contributed by atoms with Crippen molar-refractivity contribution in [3.8, 4) is 0 Å². The van der Waals surface area contributed by atoms with Crippen molar-refractivity contribution >= 4 is 29.1 Å². The van der Waals surface area contributed by atoms with Gasteiger partial charge < -0.3 is 19.9 Å². The molecule has 2 aromatic rings. The predicted octanol–water partition coefficient (Wildman–Crippen LogP) is 1.30. The first-order chi connectivity index (χ1) is 13.2. The van der Waals surface area contributed by atoms with Crippen LogP contribution in [0.5, 0.6) is 0 Å². The summed E-state index contributed by atoms with van der Waals surface area (Å²) in [5.74, 6) is 0.00370. The number of benzene rings is 1. The van der Waals surface area contributed by atoms with Crippen LogP contribution in [0.25, 0.3) is 0 Å². The second kappa shape index (κ2) is 7.71. The van der Waals surface area contributed by atoms with E-state index in [4.69, 9.17) is 4.74 Å². The molecule has 2 amide bonds. The van der Waals surface area contributed by atoms with E-state index >= 15 is 0 Å². The molecule has 2 fully saturated rings. The lowest BCUT2D eigenvalue weighted by atomic mass is 10.1. The predicted molar refractivity (Wildman–Crippen MR) is 101 cm³/mol. The molecule has 4 rings (SSSR count). The first-order valence-electron chi connectivity index (χ1n) is 9.02. The van der Waals surface area contributed by atoms with E-state index in [1.165, 1.54) is 0 Å². The number of anilines is 3. The van der Waals surface area contributed by atoms with Gasteiger partial charge in [-0.25, -0.2) is 9.97 Å². The van der Waals surface area contributed by atoms with Crippen LogP contribution >= 0.6 is 0 Å². The Labute approximate surface area is 157 Å². The summed E-state index contributed by atoms with van der Waals surface area (Å²) in [6, 6.07) is 9.40. The zero-order chi connectivity index (χ0) is 18.6. The number of hydrogen-bond acceptors (Lipinski definition) is 6. The maximum atomic E-state index is 12.6. The van der Waals surface area contributed by atoms with E-state index in [9.17, 15) is 9.59 Å². The highest BCUT2D eigenvalue weighted by molar-refractivity contribution is 6.03. The second-order valence-corrected chi connectivity index (χ2v) is 6.60. The number of carbonyl (C=O) groups is 2. The van der Waals surface area contributed by atoms with Crippen LogP contribution in [-0.4, -0.2) is 54.6 Å². The van der Waals surface area contributed by atoms with Gasteiger partial charge in [-0.15, -0.1) is 0 Å². The molecule has 2 aliphatic rings. The molecular weight excluding hydrogens is 346 g/mol. The Bertz CT molecular complexity index is 806. The number of nitrogens with one attached hydrogen (secondary N) is 1. The Balaban J connectivity index is 1.37. The third-order valence-electron chi connectivity index (χ3n) is 4.76. The minimum absolute atomic E-state index is 0.0414. The van der Waals surface area contributed by atoms with Crippen LogP contribution in [0.15, 0.2) is 42.7 Å². The van der Waals surface area contributed by atoms with Gasteiger partial charge in [-0.1, -0.05) is 18.2 Å². The number of para-hydroxylation sites is 1. The van der Waals surface area contributed by atoms with Crippen LogP contribution in [-0.2, 0) is 14.3 Å². The summed E-state index contributed by atoms with van der Waals surface area (Å²) >= 11 is 0. The van der Waals surface area contributed by atoms with Crippen molar-refractivity contribution in [2.24, 2.45) is 5.92 Å². The highest BCUT2D eigenvalue weighted by atomic mass is 16.5. The number of aromatic nitrogens is 2. The number of amides is 2. The summed E-state index contributed by atoms with van der Waals surface area (Å²) in [5.41, 5.74) is 1.35. The molecule has 1 unspecified atom stereocenters. The molecule has 8 nitrogen and oxygen atoms in total. The fraction of sp³-hybridized carbons (Fsp3) is 0.368. The first kappa shape index (κ1) is 17.4. The highest BCUT2D eigenvalue weighted by Gasteiger charge is 2.35. The van der Waals surface area contributed by atoms with E-state index in [2.05, 4.69) is 15.3 Å². The molecule has 3 heterocycles. The summed E-state index contributed by atoms with van der Waals surface area (Å²) < 4.78 is 5.32. The maximum absolute atomic E-state index is 12.6. The quantitative estimate of drug-likeness (QED) is 0.877. The standard InChI is InChI=1S/C19H21N5O3/c25-17-10-14(13-24(17)16-4-2-1-3-5-16)18(26)22-15-11-20-19(21-12-15)23-6-8-27-9-7-23/h1-5,11-12,14H,6-10,13H2,(H,22,26). The van der Waals surface area contributed by atoms with E-state index in [1.54, 1.807) is 17.3 Å². The third-order valence-corrected chi connectivity index (χ3v) is 4.76. The average molecular weight is 367 g/mol. The van der Waals surface area contributed by atoms with Crippen LogP contribution in [0, 0.1) is 5.92 Å². The van der Waals surface area contributed by atoms with Gasteiger partial charge in [0.1, 0.15) is 0 Å². The largest absolute Gasteiger partial charge is 0.378 e. The van der Waals surface area contributed by atoms with Crippen molar-refractivity contribution in [2.75, 3.05) is 48.0 Å². The zero-order valence-electron chi connectivity index (χ0n) is 14.9. The van der Waals surface area contributed by atoms with Gasteiger partial charge in [0.15, 0.2) is 0 Å². The van der Waals surface area contributed by atoms with E-state index in [0.717, 1.165) is 18.8 Å². The molecule has 1 aromatic heterocycles. The van der Waals surface area contributed by atoms with Gasteiger partial charge in [-0.2, -0.15) is 0 Å².